The number of rotatable bonds is 3. The van der Waals surface area contributed by atoms with Gasteiger partial charge in [0.05, 0.1) is 12.2 Å². The first-order chi connectivity index (χ1) is 15.6. The molecular weight excluding hydrogens is 420 g/mol. The van der Waals surface area contributed by atoms with Crippen LogP contribution in [0.1, 0.15) is 54.4 Å². The second-order valence-electron chi connectivity index (χ2n) is 10.4. The van der Waals surface area contributed by atoms with Crippen LogP contribution in [0.5, 0.6) is 0 Å². The number of anilines is 1. The minimum atomic E-state index is 0.413. The molecule has 2 saturated carbocycles. The van der Waals surface area contributed by atoms with Crippen LogP contribution in [0.4, 0.5) is 5.82 Å². The monoisotopic (exact) mass is 446 g/mol. The molecule has 0 bridgehead atoms. The Bertz CT molecular complexity index is 1200. The van der Waals surface area contributed by atoms with E-state index in [1.54, 1.807) is 0 Å². The van der Waals surface area contributed by atoms with Crippen molar-refractivity contribution in [2.24, 2.45) is 5.41 Å². The standard InChI is InChI=1S/C25H27ClN6/c1-16-6-7-27-22(8-16)31-14-25(15-31)10-18(11-25)24-29-28-23-13-30(20-3-4-20)12-17-9-19(26)2-5-21(17)32(23)24/h2,5-9,18,20H,3-4,10-15H2,1H3. The van der Waals surface area contributed by atoms with E-state index in [4.69, 9.17) is 16.7 Å². The summed E-state index contributed by atoms with van der Waals surface area (Å²) in [6.45, 7) is 6.14. The van der Waals surface area contributed by atoms with Crippen molar-refractivity contribution in [2.45, 2.75) is 57.7 Å². The van der Waals surface area contributed by atoms with E-state index in [9.17, 15) is 0 Å². The van der Waals surface area contributed by atoms with Crippen molar-refractivity contribution in [3.8, 4) is 5.69 Å². The quantitative estimate of drug-likeness (QED) is 0.593. The molecular formula is C25H27ClN6. The first kappa shape index (κ1) is 19.1. The topological polar surface area (TPSA) is 50.1 Å². The zero-order valence-electron chi connectivity index (χ0n) is 18.3. The molecule has 7 rings (SSSR count). The number of hydrogen-bond donors (Lipinski definition) is 0. The lowest BCUT2D eigenvalue weighted by molar-refractivity contribution is 0.0581. The average molecular weight is 447 g/mol. The maximum absolute atomic E-state index is 6.38. The molecule has 4 aliphatic rings. The van der Waals surface area contributed by atoms with Gasteiger partial charge in [-0.05, 0) is 74.1 Å². The second-order valence-corrected chi connectivity index (χ2v) is 10.8. The van der Waals surface area contributed by atoms with Gasteiger partial charge >= 0.3 is 0 Å². The largest absolute Gasteiger partial charge is 0.355 e. The van der Waals surface area contributed by atoms with Crippen molar-refractivity contribution in [2.75, 3.05) is 18.0 Å². The lowest BCUT2D eigenvalue weighted by Crippen LogP contribution is -2.62. The van der Waals surface area contributed by atoms with E-state index in [1.165, 1.54) is 42.5 Å². The van der Waals surface area contributed by atoms with Crippen LogP contribution in [0.25, 0.3) is 5.69 Å². The predicted molar refractivity (Wildman–Crippen MR) is 124 cm³/mol. The lowest BCUT2D eigenvalue weighted by atomic mass is 9.57. The fourth-order valence-electron chi connectivity index (χ4n) is 6.06. The van der Waals surface area contributed by atoms with Crippen molar-refractivity contribution >= 4 is 17.4 Å². The number of hydrogen-bond acceptors (Lipinski definition) is 5. The molecule has 0 amide bonds. The average Bonchev–Trinajstić information content (AvgIpc) is 3.50. The van der Waals surface area contributed by atoms with Gasteiger partial charge in [-0.2, -0.15) is 0 Å². The first-order valence-corrected chi connectivity index (χ1v) is 12.1. The molecule has 2 aromatic heterocycles. The molecule has 3 fully saturated rings. The Morgan fingerprint density at radius 2 is 1.88 bits per heavy atom. The Balaban J connectivity index is 1.15. The predicted octanol–water partition coefficient (Wildman–Crippen LogP) is 4.49. The van der Waals surface area contributed by atoms with Gasteiger partial charge in [-0.3, -0.25) is 9.47 Å². The molecule has 0 atom stereocenters. The van der Waals surface area contributed by atoms with E-state index in [0.717, 1.165) is 48.7 Å². The fraction of sp³-hybridized carbons (Fsp3) is 0.480. The Morgan fingerprint density at radius 1 is 1.03 bits per heavy atom. The summed E-state index contributed by atoms with van der Waals surface area (Å²) < 4.78 is 2.35. The van der Waals surface area contributed by atoms with Gasteiger partial charge < -0.3 is 4.90 Å². The van der Waals surface area contributed by atoms with Crippen molar-refractivity contribution in [3.63, 3.8) is 0 Å². The molecule has 2 aliphatic heterocycles. The van der Waals surface area contributed by atoms with Crippen LogP contribution >= 0.6 is 11.6 Å². The highest BCUT2D eigenvalue weighted by molar-refractivity contribution is 6.30. The number of aryl methyl sites for hydroxylation is 1. The second kappa shape index (κ2) is 6.78. The smallest absolute Gasteiger partial charge is 0.151 e. The Kier molecular flexibility index (Phi) is 4.04. The summed E-state index contributed by atoms with van der Waals surface area (Å²) in [7, 11) is 0. The zero-order valence-corrected chi connectivity index (χ0v) is 19.1. The molecule has 3 aromatic rings. The highest BCUT2D eigenvalue weighted by Gasteiger charge is 2.54. The number of aromatic nitrogens is 4. The van der Waals surface area contributed by atoms with Gasteiger partial charge in [0.15, 0.2) is 5.82 Å². The Labute approximate surface area is 193 Å². The minimum Gasteiger partial charge on any atom is -0.355 e. The molecule has 0 N–H and O–H groups in total. The molecule has 1 aromatic carbocycles. The molecule has 2 aliphatic carbocycles. The van der Waals surface area contributed by atoms with Crippen LogP contribution in [0.2, 0.25) is 5.02 Å². The minimum absolute atomic E-state index is 0.413. The molecule has 4 heterocycles. The van der Waals surface area contributed by atoms with Crippen LogP contribution in [0, 0.1) is 12.3 Å². The van der Waals surface area contributed by atoms with Crippen molar-refractivity contribution in [1.29, 1.82) is 0 Å². The summed E-state index contributed by atoms with van der Waals surface area (Å²) in [5.41, 5.74) is 4.19. The molecule has 0 radical (unpaired) electrons. The van der Waals surface area contributed by atoms with Crippen molar-refractivity contribution in [3.05, 3.63) is 64.3 Å². The maximum atomic E-state index is 6.38. The van der Waals surface area contributed by atoms with Crippen LogP contribution in [-0.2, 0) is 13.1 Å². The molecule has 7 heteroatoms. The third-order valence-electron chi connectivity index (χ3n) is 7.82. The molecule has 1 spiro atoms. The van der Waals surface area contributed by atoms with Gasteiger partial charge in [0, 0.05) is 48.2 Å². The maximum Gasteiger partial charge on any atom is 0.151 e. The number of nitrogens with zero attached hydrogens (tertiary/aromatic N) is 6. The number of fused-ring (bicyclic) bond motifs is 3. The molecule has 32 heavy (non-hydrogen) atoms. The third-order valence-corrected chi connectivity index (χ3v) is 8.06. The van der Waals surface area contributed by atoms with E-state index in [2.05, 4.69) is 55.6 Å². The van der Waals surface area contributed by atoms with Gasteiger partial charge in [0.25, 0.3) is 0 Å². The highest BCUT2D eigenvalue weighted by atomic mass is 35.5. The van der Waals surface area contributed by atoms with Gasteiger partial charge in [-0.15, -0.1) is 10.2 Å². The summed E-state index contributed by atoms with van der Waals surface area (Å²) in [5.74, 6) is 3.80. The molecule has 1 saturated heterocycles. The SMILES string of the molecule is Cc1ccnc(N2CC3(CC(c4nnc5n4-c4ccc(Cl)cc4CN(C4CC4)C5)C3)C2)c1. The van der Waals surface area contributed by atoms with E-state index < -0.39 is 0 Å². The van der Waals surface area contributed by atoms with E-state index in [1.807, 2.05) is 12.3 Å². The van der Waals surface area contributed by atoms with Crippen LogP contribution in [0.15, 0.2) is 36.5 Å². The summed E-state index contributed by atoms with van der Waals surface area (Å²) in [6.07, 6.45) is 6.85. The van der Waals surface area contributed by atoms with E-state index in [0.29, 0.717) is 17.4 Å². The third kappa shape index (κ3) is 3.00. The molecule has 0 unspecified atom stereocenters. The first-order valence-electron chi connectivity index (χ1n) is 11.7. The number of benzene rings is 1. The van der Waals surface area contributed by atoms with Crippen LogP contribution < -0.4 is 4.90 Å². The summed E-state index contributed by atoms with van der Waals surface area (Å²) in [6, 6.07) is 11.2. The van der Waals surface area contributed by atoms with Gasteiger partial charge in [-0.1, -0.05) is 11.6 Å². The van der Waals surface area contributed by atoms with E-state index in [-0.39, 0.29) is 0 Å². The lowest BCUT2D eigenvalue weighted by Gasteiger charge is -2.59. The Morgan fingerprint density at radius 3 is 2.66 bits per heavy atom. The molecule has 164 valence electrons. The van der Waals surface area contributed by atoms with Gasteiger partial charge in [0.1, 0.15) is 11.6 Å². The number of halogens is 1. The van der Waals surface area contributed by atoms with Gasteiger partial charge in [0.2, 0.25) is 0 Å². The van der Waals surface area contributed by atoms with Gasteiger partial charge in [-0.25, -0.2) is 4.98 Å². The van der Waals surface area contributed by atoms with Crippen molar-refractivity contribution < 1.29 is 0 Å². The normalized spacial score (nSPS) is 22.1. The Hall–Kier alpha value is -2.44. The zero-order chi connectivity index (χ0) is 21.4. The highest BCUT2D eigenvalue weighted by Crippen LogP contribution is 2.56. The fourth-order valence-corrected chi connectivity index (χ4v) is 6.25. The van der Waals surface area contributed by atoms with E-state index >= 15 is 0 Å². The molecule has 6 nitrogen and oxygen atoms in total. The van der Waals surface area contributed by atoms with Crippen LogP contribution in [-0.4, -0.2) is 43.8 Å². The van der Waals surface area contributed by atoms with Crippen LogP contribution in [0.3, 0.4) is 0 Å². The number of pyridine rings is 1. The summed E-state index contributed by atoms with van der Waals surface area (Å²) in [5, 5.41) is 10.2. The summed E-state index contributed by atoms with van der Waals surface area (Å²) >= 11 is 6.38. The summed E-state index contributed by atoms with van der Waals surface area (Å²) in [4.78, 5) is 9.53. The van der Waals surface area contributed by atoms with Crippen molar-refractivity contribution in [1.82, 2.24) is 24.6 Å².